The molecule has 35 heavy (non-hydrogen) atoms. The van der Waals surface area contributed by atoms with Crippen LogP contribution in [0.3, 0.4) is 0 Å². The van der Waals surface area contributed by atoms with Gasteiger partial charge in [0.15, 0.2) is 8.32 Å². The van der Waals surface area contributed by atoms with Gasteiger partial charge in [0.2, 0.25) is 5.91 Å². The number of nitrogens with zero attached hydrogens (tertiary/aromatic N) is 2. The Kier molecular flexibility index (Phi) is 8.58. The van der Waals surface area contributed by atoms with Crippen molar-refractivity contribution in [2.45, 2.75) is 103 Å². The monoisotopic (exact) mass is 500 g/mol. The van der Waals surface area contributed by atoms with E-state index in [4.69, 9.17) is 9.16 Å². The topological polar surface area (TPSA) is 59.1 Å². The van der Waals surface area contributed by atoms with E-state index in [0.717, 1.165) is 57.1 Å². The summed E-state index contributed by atoms with van der Waals surface area (Å²) in [6, 6.07) is 13.7. The predicted octanol–water partition coefficient (Wildman–Crippen LogP) is 5.97. The minimum absolute atomic E-state index is 0.266. The highest BCUT2D eigenvalue weighted by Crippen LogP contribution is 2.43. The molecule has 6 nitrogen and oxygen atoms in total. The average molecular weight is 501 g/mol. The Hall–Kier alpha value is -1.86. The molecule has 1 atom stereocenters. The molecule has 1 spiro atoms. The third-order valence-electron chi connectivity index (χ3n) is 9.02. The van der Waals surface area contributed by atoms with E-state index in [2.05, 4.69) is 25.7 Å². The lowest BCUT2D eigenvalue weighted by Gasteiger charge is -2.41. The molecule has 2 amide bonds. The number of likely N-dealkylation sites (tertiary alicyclic amines) is 2. The summed E-state index contributed by atoms with van der Waals surface area (Å²) in [7, 11) is -1.58. The molecular weight excluding hydrogens is 456 g/mol. The molecule has 4 rings (SSSR count). The minimum Gasteiger partial charge on any atom is -0.445 e. The number of carbonyl (C=O) groups is 2. The van der Waals surface area contributed by atoms with E-state index in [1.807, 2.05) is 30.3 Å². The zero-order valence-corrected chi connectivity index (χ0v) is 23.0. The summed E-state index contributed by atoms with van der Waals surface area (Å²) in [6.07, 6.45) is 6.86. The van der Waals surface area contributed by atoms with Crippen molar-refractivity contribution in [3.05, 3.63) is 35.9 Å². The van der Waals surface area contributed by atoms with Crippen molar-refractivity contribution in [2.75, 3.05) is 19.6 Å². The Balaban J connectivity index is 1.30. The van der Waals surface area contributed by atoms with Crippen molar-refractivity contribution >= 4 is 20.3 Å². The zero-order chi connectivity index (χ0) is 24.9. The van der Waals surface area contributed by atoms with E-state index >= 15 is 0 Å². The van der Waals surface area contributed by atoms with Crippen LogP contribution in [0.2, 0.25) is 18.1 Å². The predicted molar refractivity (Wildman–Crippen MR) is 141 cm³/mol. The van der Waals surface area contributed by atoms with Crippen molar-refractivity contribution in [1.29, 1.82) is 0 Å². The van der Waals surface area contributed by atoms with E-state index in [9.17, 15) is 9.59 Å². The minimum atomic E-state index is -1.58. The summed E-state index contributed by atoms with van der Waals surface area (Å²) in [4.78, 5) is 30.4. The third-order valence-corrected chi connectivity index (χ3v) is 13.7. The van der Waals surface area contributed by atoms with Gasteiger partial charge in [-0.05, 0) is 68.6 Å². The standard InChI is InChI=1S/C28H44N2O4Si/c1-4-35(5-2,6-3)34-25-15-13-24(14-16-25)30-20-18-28(26(30)31)17-10-19-29(22-28)27(32)33-21-23-11-8-7-9-12-23/h7-9,11-12,24-25H,4-6,10,13-22H2,1-3H3/t24?,25?,28-/m1/s1. The largest absolute Gasteiger partial charge is 0.445 e. The van der Waals surface area contributed by atoms with Gasteiger partial charge in [0.1, 0.15) is 6.61 Å². The van der Waals surface area contributed by atoms with Gasteiger partial charge in [-0.1, -0.05) is 51.1 Å². The molecule has 2 aliphatic heterocycles. The number of piperidine rings is 1. The molecular formula is C28H44N2O4Si. The summed E-state index contributed by atoms with van der Waals surface area (Å²) >= 11 is 0. The molecule has 1 aromatic carbocycles. The molecule has 2 heterocycles. The number of hydrogen-bond donors (Lipinski definition) is 0. The molecule has 0 aromatic heterocycles. The van der Waals surface area contributed by atoms with Crippen molar-refractivity contribution in [2.24, 2.45) is 5.41 Å². The lowest BCUT2D eigenvalue weighted by Crippen LogP contribution is -2.51. The fourth-order valence-corrected chi connectivity index (χ4v) is 9.44. The fraction of sp³-hybridized carbons (Fsp3) is 0.714. The highest BCUT2D eigenvalue weighted by atomic mass is 28.4. The molecule has 2 saturated heterocycles. The Morgan fingerprint density at radius 1 is 1.00 bits per heavy atom. The van der Waals surface area contributed by atoms with E-state index < -0.39 is 13.7 Å². The summed E-state index contributed by atoms with van der Waals surface area (Å²) in [5, 5.41) is 0. The normalized spacial score (nSPS) is 27.5. The summed E-state index contributed by atoms with van der Waals surface area (Å²) in [5.41, 5.74) is 0.554. The molecule has 7 heteroatoms. The molecule has 1 aromatic rings. The molecule has 1 aliphatic carbocycles. The first-order chi connectivity index (χ1) is 16.9. The summed E-state index contributed by atoms with van der Waals surface area (Å²) < 4.78 is 12.3. The number of rotatable bonds is 8. The Labute approximate surface area is 212 Å². The van der Waals surface area contributed by atoms with Crippen LogP contribution in [0.5, 0.6) is 0 Å². The van der Waals surface area contributed by atoms with Gasteiger partial charge in [-0.25, -0.2) is 4.79 Å². The van der Waals surface area contributed by atoms with Crippen LogP contribution in [0.1, 0.15) is 71.3 Å². The smallest absolute Gasteiger partial charge is 0.410 e. The van der Waals surface area contributed by atoms with E-state index in [-0.39, 0.29) is 18.6 Å². The van der Waals surface area contributed by atoms with Crippen LogP contribution in [0.15, 0.2) is 30.3 Å². The van der Waals surface area contributed by atoms with Crippen molar-refractivity contribution in [1.82, 2.24) is 9.80 Å². The quantitative estimate of drug-likeness (QED) is 0.413. The lowest BCUT2D eigenvalue weighted by atomic mass is 9.78. The van der Waals surface area contributed by atoms with E-state index in [1.54, 1.807) is 4.90 Å². The van der Waals surface area contributed by atoms with Gasteiger partial charge in [0.05, 0.1) is 5.41 Å². The highest BCUT2D eigenvalue weighted by molar-refractivity contribution is 6.73. The van der Waals surface area contributed by atoms with Crippen LogP contribution < -0.4 is 0 Å². The number of amides is 2. The number of carbonyl (C=O) groups excluding carboxylic acids is 2. The van der Waals surface area contributed by atoms with Crippen LogP contribution in [0.25, 0.3) is 0 Å². The van der Waals surface area contributed by atoms with Gasteiger partial charge >= 0.3 is 6.09 Å². The third kappa shape index (κ3) is 5.77. The van der Waals surface area contributed by atoms with Crippen molar-refractivity contribution in [3.8, 4) is 0 Å². The summed E-state index contributed by atoms with van der Waals surface area (Å²) in [5.74, 6) is 0.266. The second kappa shape index (κ2) is 11.5. The molecule has 0 N–H and O–H groups in total. The van der Waals surface area contributed by atoms with Crippen molar-refractivity contribution < 1.29 is 18.8 Å². The molecule has 3 fully saturated rings. The average Bonchev–Trinajstić information content (AvgIpc) is 3.21. The summed E-state index contributed by atoms with van der Waals surface area (Å²) in [6.45, 7) is 9.12. The molecule has 3 aliphatic rings. The SMILES string of the molecule is CC[Si](CC)(CC)OC1CCC(N2CC[C@@]3(CCCN(C(=O)OCc4ccccc4)C3)C2=O)CC1. The first kappa shape index (κ1) is 26.2. The van der Waals surface area contributed by atoms with Gasteiger partial charge in [-0.2, -0.15) is 0 Å². The lowest BCUT2D eigenvalue weighted by molar-refractivity contribution is -0.141. The number of hydrogen-bond acceptors (Lipinski definition) is 4. The Bertz CT molecular complexity index is 846. The second-order valence-electron chi connectivity index (χ2n) is 10.9. The van der Waals surface area contributed by atoms with Gasteiger partial charge in [-0.15, -0.1) is 0 Å². The molecule has 0 bridgehead atoms. The molecule has 0 radical (unpaired) electrons. The van der Waals surface area contributed by atoms with Gasteiger partial charge in [0.25, 0.3) is 0 Å². The maximum absolute atomic E-state index is 13.7. The molecule has 194 valence electrons. The van der Waals surface area contributed by atoms with E-state index in [0.29, 0.717) is 25.2 Å². The first-order valence-electron chi connectivity index (χ1n) is 13.9. The van der Waals surface area contributed by atoms with Gasteiger partial charge < -0.3 is 19.0 Å². The molecule has 1 saturated carbocycles. The maximum atomic E-state index is 13.7. The Morgan fingerprint density at radius 3 is 2.34 bits per heavy atom. The molecule has 0 unspecified atom stereocenters. The van der Waals surface area contributed by atoms with Crippen LogP contribution in [0.4, 0.5) is 4.79 Å². The highest BCUT2D eigenvalue weighted by Gasteiger charge is 2.51. The van der Waals surface area contributed by atoms with Crippen molar-refractivity contribution in [3.63, 3.8) is 0 Å². The zero-order valence-electron chi connectivity index (χ0n) is 22.0. The van der Waals surface area contributed by atoms with Crippen LogP contribution in [-0.4, -0.2) is 61.9 Å². The fourth-order valence-electron chi connectivity index (χ4n) is 6.50. The van der Waals surface area contributed by atoms with Crippen LogP contribution >= 0.6 is 0 Å². The maximum Gasteiger partial charge on any atom is 0.410 e. The number of ether oxygens (including phenoxy) is 1. The number of benzene rings is 1. The van der Waals surface area contributed by atoms with E-state index in [1.165, 1.54) is 18.1 Å². The first-order valence-corrected chi connectivity index (χ1v) is 16.4. The van der Waals surface area contributed by atoms with Crippen LogP contribution in [-0.2, 0) is 20.6 Å². The second-order valence-corrected chi connectivity index (χ2v) is 15.6. The van der Waals surface area contributed by atoms with Crippen LogP contribution in [0, 0.1) is 5.41 Å². The van der Waals surface area contributed by atoms with Gasteiger partial charge in [-0.3, -0.25) is 4.79 Å². The Morgan fingerprint density at radius 2 is 1.69 bits per heavy atom. The van der Waals surface area contributed by atoms with Gasteiger partial charge in [0, 0.05) is 31.8 Å².